The number of carbonyl (C=O) groups is 1. The molecule has 0 radical (unpaired) electrons. The molecule has 14 heteroatoms. The van der Waals surface area contributed by atoms with Crippen LogP contribution >= 0.6 is 27.5 Å². The lowest BCUT2D eigenvalue weighted by atomic mass is 10.2. The molecule has 0 saturated carbocycles. The van der Waals surface area contributed by atoms with Crippen LogP contribution in [0.5, 0.6) is 5.75 Å². The molecule has 0 aliphatic heterocycles. The van der Waals surface area contributed by atoms with Crippen molar-refractivity contribution in [2.24, 2.45) is 0 Å². The summed E-state index contributed by atoms with van der Waals surface area (Å²) in [7, 11) is 0. The van der Waals surface area contributed by atoms with Gasteiger partial charge >= 0.3 is 0 Å². The van der Waals surface area contributed by atoms with Crippen molar-refractivity contribution in [2.75, 3.05) is 5.32 Å². The highest BCUT2D eigenvalue weighted by molar-refractivity contribution is 9.10. The van der Waals surface area contributed by atoms with Crippen LogP contribution in [0.1, 0.15) is 21.9 Å². The van der Waals surface area contributed by atoms with E-state index in [0.29, 0.717) is 4.47 Å². The number of aromatic nitrogens is 2. The molecule has 4 aromatic rings. The quantitative estimate of drug-likeness (QED) is 0.149. The Bertz CT molecular complexity index is 1430. The molecule has 2 aromatic heterocycles. The third-order valence-corrected chi connectivity index (χ3v) is 5.68. The smallest absolute Gasteiger partial charge is 0.292 e. The number of nitrogens with one attached hydrogen (secondary N) is 1. The van der Waals surface area contributed by atoms with Gasteiger partial charge < -0.3 is 14.5 Å². The van der Waals surface area contributed by atoms with E-state index >= 15 is 0 Å². The van der Waals surface area contributed by atoms with Gasteiger partial charge in [0, 0.05) is 16.8 Å². The molecule has 0 spiro atoms. The molecule has 0 aliphatic rings. The van der Waals surface area contributed by atoms with Crippen molar-refractivity contribution >= 4 is 39.3 Å². The molecule has 36 heavy (non-hydrogen) atoms. The average molecular weight is 595 g/mol. The Balaban J connectivity index is 1.43. The second-order valence-corrected chi connectivity index (χ2v) is 8.39. The van der Waals surface area contributed by atoms with E-state index in [4.69, 9.17) is 20.8 Å². The summed E-state index contributed by atoms with van der Waals surface area (Å²) in [5.74, 6) is -14.1. The Morgan fingerprint density at radius 1 is 1.03 bits per heavy atom. The van der Waals surface area contributed by atoms with E-state index in [2.05, 4.69) is 26.3 Å². The number of rotatable bonds is 7. The summed E-state index contributed by atoms with van der Waals surface area (Å²) in [4.78, 5) is 12.5. The molecule has 0 saturated heterocycles. The number of anilines is 1. The highest BCUT2D eigenvalue weighted by Gasteiger charge is 2.27. The largest absolute Gasteiger partial charge is 0.479 e. The Morgan fingerprint density at radius 3 is 2.36 bits per heavy atom. The maximum absolute atomic E-state index is 14.0. The molecule has 0 unspecified atom stereocenters. The van der Waals surface area contributed by atoms with Gasteiger partial charge in [0.15, 0.2) is 17.3 Å². The molecule has 4 rings (SSSR count). The number of hydrogen-bond acceptors (Lipinski definition) is 4. The van der Waals surface area contributed by atoms with Crippen molar-refractivity contribution in [1.29, 1.82) is 0 Å². The van der Waals surface area contributed by atoms with Gasteiger partial charge in [-0.3, -0.25) is 9.48 Å². The second-order valence-electron chi connectivity index (χ2n) is 7.13. The van der Waals surface area contributed by atoms with Gasteiger partial charge in [0.05, 0.1) is 11.0 Å². The van der Waals surface area contributed by atoms with Crippen LogP contribution in [0.25, 0.3) is 0 Å². The van der Waals surface area contributed by atoms with Gasteiger partial charge in [0.2, 0.25) is 29.1 Å². The standard InChI is InChI=1S/C22H11BrClF6N3O3/c23-11-7-33(6-10-12(24)2-1-3-13(10)25)32-21(11)31-22(34)14-5-4-9(36-14)8-35-20-18(29)16(27)15(26)17(28)19(20)30/h1-5,7H,6,8H2,(H,31,32,34). The normalized spacial score (nSPS) is 11.1. The lowest BCUT2D eigenvalue weighted by Crippen LogP contribution is -2.12. The number of benzene rings is 2. The SMILES string of the molecule is O=C(Nc1nn(Cc2c(F)cccc2Cl)cc1Br)c1ccc(COc2c(F)c(F)c(F)c(F)c2F)o1. The predicted molar refractivity (Wildman–Crippen MR) is 118 cm³/mol. The molecule has 1 amide bonds. The van der Waals surface area contributed by atoms with Crippen LogP contribution in [-0.4, -0.2) is 15.7 Å². The summed E-state index contributed by atoms with van der Waals surface area (Å²) < 4.78 is 92.8. The van der Waals surface area contributed by atoms with Crippen LogP contribution in [0.2, 0.25) is 5.02 Å². The Labute approximate surface area is 211 Å². The fourth-order valence-corrected chi connectivity index (χ4v) is 3.65. The number of amides is 1. The number of hydrogen-bond donors (Lipinski definition) is 1. The maximum atomic E-state index is 14.0. The molecule has 0 fully saturated rings. The number of ether oxygens (including phenoxy) is 1. The maximum Gasteiger partial charge on any atom is 0.292 e. The molecule has 188 valence electrons. The average Bonchev–Trinajstić information content (AvgIpc) is 3.45. The Kier molecular flexibility index (Phi) is 7.31. The Hall–Kier alpha value is -3.45. The van der Waals surface area contributed by atoms with E-state index in [1.54, 1.807) is 0 Å². The van der Waals surface area contributed by atoms with E-state index < -0.39 is 53.2 Å². The minimum absolute atomic E-state index is 0.0279. The van der Waals surface area contributed by atoms with Crippen LogP contribution in [0, 0.1) is 34.9 Å². The summed E-state index contributed by atoms with van der Waals surface area (Å²) in [5, 5.41) is 6.79. The van der Waals surface area contributed by atoms with Crippen molar-refractivity contribution in [3.05, 3.63) is 98.0 Å². The van der Waals surface area contributed by atoms with Gasteiger partial charge in [-0.15, -0.1) is 0 Å². The molecule has 6 nitrogen and oxygen atoms in total. The highest BCUT2D eigenvalue weighted by atomic mass is 79.9. The van der Waals surface area contributed by atoms with Crippen molar-refractivity contribution in [2.45, 2.75) is 13.2 Å². The lowest BCUT2D eigenvalue weighted by Gasteiger charge is -2.09. The number of halogens is 8. The lowest BCUT2D eigenvalue weighted by molar-refractivity contribution is 0.0991. The highest BCUT2D eigenvalue weighted by Crippen LogP contribution is 2.30. The summed E-state index contributed by atoms with van der Waals surface area (Å²) in [6.07, 6.45) is 1.48. The molecular weight excluding hydrogens is 584 g/mol. The molecule has 2 aromatic carbocycles. The van der Waals surface area contributed by atoms with Crippen LogP contribution in [-0.2, 0) is 13.2 Å². The van der Waals surface area contributed by atoms with Gasteiger partial charge in [-0.2, -0.15) is 13.9 Å². The molecule has 0 aliphatic carbocycles. The molecule has 2 heterocycles. The second kappa shape index (κ2) is 10.3. The minimum atomic E-state index is -2.32. The molecular formula is C22H11BrClF6N3O3. The minimum Gasteiger partial charge on any atom is -0.479 e. The third-order valence-electron chi connectivity index (χ3n) is 4.74. The number of nitrogens with zero attached hydrogens (tertiary/aromatic N) is 2. The summed E-state index contributed by atoms with van der Waals surface area (Å²) in [5.41, 5.74) is 0.191. The van der Waals surface area contributed by atoms with Crippen LogP contribution < -0.4 is 10.1 Å². The van der Waals surface area contributed by atoms with Gasteiger partial charge in [0.25, 0.3) is 5.91 Å². The topological polar surface area (TPSA) is 69.3 Å². The molecule has 0 bridgehead atoms. The Morgan fingerprint density at radius 2 is 1.69 bits per heavy atom. The number of furan rings is 1. The fourth-order valence-electron chi connectivity index (χ4n) is 3.01. The van der Waals surface area contributed by atoms with Crippen molar-refractivity contribution in [1.82, 2.24) is 9.78 Å². The van der Waals surface area contributed by atoms with Crippen molar-refractivity contribution in [3.8, 4) is 5.75 Å². The van der Waals surface area contributed by atoms with Crippen molar-refractivity contribution < 1.29 is 40.3 Å². The van der Waals surface area contributed by atoms with Gasteiger partial charge in [-0.05, 0) is 40.2 Å². The summed E-state index contributed by atoms with van der Waals surface area (Å²) in [6, 6.07) is 6.61. The van der Waals surface area contributed by atoms with Gasteiger partial charge in [0.1, 0.15) is 18.2 Å². The van der Waals surface area contributed by atoms with Crippen LogP contribution in [0.4, 0.5) is 32.2 Å². The monoisotopic (exact) mass is 593 g/mol. The first-order valence-electron chi connectivity index (χ1n) is 9.77. The fraction of sp³-hybridized carbons (Fsp3) is 0.0909. The van der Waals surface area contributed by atoms with Crippen molar-refractivity contribution in [3.63, 3.8) is 0 Å². The zero-order valence-electron chi connectivity index (χ0n) is 17.5. The van der Waals surface area contributed by atoms with Crippen LogP contribution in [0.15, 0.2) is 45.4 Å². The molecule has 0 atom stereocenters. The van der Waals surface area contributed by atoms with Gasteiger partial charge in [-0.1, -0.05) is 17.7 Å². The van der Waals surface area contributed by atoms with E-state index in [0.717, 1.165) is 0 Å². The van der Waals surface area contributed by atoms with E-state index in [9.17, 15) is 31.1 Å². The first-order chi connectivity index (χ1) is 17.1. The van der Waals surface area contributed by atoms with E-state index in [-0.39, 0.29) is 34.5 Å². The van der Waals surface area contributed by atoms with Crippen LogP contribution in [0.3, 0.4) is 0 Å². The van der Waals surface area contributed by atoms with E-state index in [1.807, 2.05) is 0 Å². The third kappa shape index (κ3) is 5.07. The predicted octanol–water partition coefficient (Wildman–Crippen LogP) is 6.61. The first kappa shape index (κ1) is 25.6. The summed E-state index contributed by atoms with van der Waals surface area (Å²) in [6.45, 7) is -0.771. The zero-order valence-corrected chi connectivity index (χ0v) is 19.9. The summed E-state index contributed by atoms with van der Waals surface area (Å²) >= 11 is 9.24. The zero-order chi connectivity index (χ0) is 26.1. The van der Waals surface area contributed by atoms with Gasteiger partial charge in [-0.25, -0.2) is 17.6 Å². The number of carbonyl (C=O) groups excluding carboxylic acids is 1. The molecule has 1 N–H and O–H groups in total. The first-order valence-corrected chi connectivity index (χ1v) is 10.9. The van der Waals surface area contributed by atoms with E-state index in [1.165, 1.54) is 41.2 Å².